The van der Waals surface area contributed by atoms with Crippen molar-refractivity contribution in [2.75, 3.05) is 30.4 Å². The van der Waals surface area contributed by atoms with Crippen molar-refractivity contribution in [3.05, 3.63) is 35.8 Å². The molecule has 130 valence electrons. The topological polar surface area (TPSA) is 95.9 Å². The van der Waals surface area contributed by atoms with Crippen molar-refractivity contribution < 1.29 is 4.79 Å². The van der Waals surface area contributed by atoms with Crippen LogP contribution in [0.1, 0.15) is 41.4 Å². The zero-order chi connectivity index (χ0) is 17.2. The lowest BCUT2D eigenvalue weighted by Gasteiger charge is -2.17. The van der Waals surface area contributed by atoms with Gasteiger partial charge in [0.1, 0.15) is 5.82 Å². The van der Waals surface area contributed by atoms with E-state index < -0.39 is 0 Å². The van der Waals surface area contributed by atoms with E-state index in [1.165, 1.54) is 12.8 Å². The Labute approximate surface area is 146 Å². The highest BCUT2D eigenvalue weighted by atomic mass is 16.1. The third-order valence-corrected chi connectivity index (χ3v) is 4.61. The van der Waals surface area contributed by atoms with Gasteiger partial charge in [-0.05, 0) is 37.5 Å². The molecule has 2 N–H and O–H groups in total. The summed E-state index contributed by atoms with van der Waals surface area (Å²) in [5.41, 5.74) is 1.48. The van der Waals surface area contributed by atoms with Crippen LogP contribution in [0.4, 0.5) is 11.8 Å². The molecule has 0 bridgehead atoms. The number of hydrogen-bond donors (Lipinski definition) is 2. The predicted octanol–water partition coefficient (Wildman–Crippen LogP) is 1.19. The first kappa shape index (κ1) is 15.7. The highest BCUT2D eigenvalue weighted by Gasteiger charge is 2.28. The minimum atomic E-state index is -0.237. The van der Waals surface area contributed by atoms with Gasteiger partial charge in [0, 0.05) is 44.0 Å². The minimum absolute atomic E-state index is 0.237. The number of carbonyl (C=O) groups excluding carboxylic acids is 1. The summed E-state index contributed by atoms with van der Waals surface area (Å²) >= 11 is 0. The molecule has 1 aliphatic carbocycles. The van der Waals surface area contributed by atoms with Gasteiger partial charge in [-0.25, -0.2) is 9.97 Å². The molecular formula is C17H21N7O. The van der Waals surface area contributed by atoms with Crippen LogP contribution < -0.4 is 15.5 Å². The standard InChI is InChI=1S/C17H21N7O/c1-18-16(25)14-4-5-15(23-22-14)20-12-7-9-24(10-12)17-19-8-6-13(21-17)11-2-3-11/h4-6,8,11-12H,2-3,7,9-10H2,1H3,(H,18,25)(H,20,23). The molecule has 8 nitrogen and oxygen atoms in total. The monoisotopic (exact) mass is 339 g/mol. The molecule has 1 unspecified atom stereocenters. The third-order valence-electron chi connectivity index (χ3n) is 4.61. The van der Waals surface area contributed by atoms with Gasteiger partial charge in [-0.3, -0.25) is 4.79 Å². The van der Waals surface area contributed by atoms with Gasteiger partial charge >= 0.3 is 0 Å². The van der Waals surface area contributed by atoms with Crippen LogP contribution in [-0.2, 0) is 0 Å². The van der Waals surface area contributed by atoms with E-state index in [1.54, 1.807) is 19.2 Å². The Morgan fingerprint density at radius 1 is 1.20 bits per heavy atom. The van der Waals surface area contributed by atoms with Crippen LogP contribution in [0.2, 0.25) is 0 Å². The molecular weight excluding hydrogens is 318 g/mol. The molecule has 8 heteroatoms. The first-order valence-electron chi connectivity index (χ1n) is 8.63. The van der Waals surface area contributed by atoms with Gasteiger partial charge < -0.3 is 15.5 Å². The average molecular weight is 339 g/mol. The minimum Gasteiger partial charge on any atom is -0.364 e. The van der Waals surface area contributed by atoms with Gasteiger partial charge in [-0.2, -0.15) is 0 Å². The van der Waals surface area contributed by atoms with Crippen molar-refractivity contribution in [3.63, 3.8) is 0 Å². The number of anilines is 2. The second-order valence-electron chi connectivity index (χ2n) is 6.51. The molecule has 0 radical (unpaired) electrons. The highest BCUT2D eigenvalue weighted by Crippen LogP contribution is 2.39. The van der Waals surface area contributed by atoms with Crippen LogP contribution in [-0.4, -0.2) is 52.3 Å². The molecule has 2 fully saturated rings. The van der Waals surface area contributed by atoms with Crippen LogP contribution >= 0.6 is 0 Å². The quantitative estimate of drug-likeness (QED) is 0.845. The second-order valence-corrected chi connectivity index (χ2v) is 6.51. The van der Waals surface area contributed by atoms with Crippen LogP contribution in [0.3, 0.4) is 0 Å². The fourth-order valence-electron chi connectivity index (χ4n) is 3.05. The Bertz CT molecular complexity index is 760. The van der Waals surface area contributed by atoms with Crippen LogP contribution in [0.15, 0.2) is 24.4 Å². The lowest BCUT2D eigenvalue weighted by Crippen LogP contribution is -2.28. The lowest BCUT2D eigenvalue weighted by atomic mass is 10.2. The van der Waals surface area contributed by atoms with Gasteiger partial charge in [0.15, 0.2) is 5.69 Å². The summed E-state index contributed by atoms with van der Waals surface area (Å²) in [7, 11) is 1.57. The molecule has 1 saturated heterocycles. The average Bonchev–Trinajstić information content (AvgIpc) is 3.41. The highest BCUT2D eigenvalue weighted by molar-refractivity contribution is 5.91. The summed E-state index contributed by atoms with van der Waals surface area (Å²) in [5, 5.41) is 13.9. The van der Waals surface area contributed by atoms with E-state index in [-0.39, 0.29) is 11.9 Å². The lowest BCUT2D eigenvalue weighted by molar-refractivity contribution is 0.0957. The number of hydrogen-bond acceptors (Lipinski definition) is 7. The predicted molar refractivity (Wildman–Crippen MR) is 93.7 cm³/mol. The Morgan fingerprint density at radius 2 is 2.08 bits per heavy atom. The molecule has 4 rings (SSSR count). The first-order valence-corrected chi connectivity index (χ1v) is 8.63. The Morgan fingerprint density at radius 3 is 2.80 bits per heavy atom. The number of nitrogens with one attached hydrogen (secondary N) is 2. The molecule has 2 aromatic rings. The van der Waals surface area contributed by atoms with Crippen molar-refractivity contribution in [1.29, 1.82) is 0 Å². The smallest absolute Gasteiger partial charge is 0.271 e. The number of aromatic nitrogens is 4. The van der Waals surface area contributed by atoms with E-state index in [2.05, 4.69) is 30.7 Å². The Balaban J connectivity index is 1.37. The molecule has 2 aliphatic rings. The molecule has 1 aliphatic heterocycles. The van der Waals surface area contributed by atoms with Gasteiger partial charge in [0.2, 0.25) is 5.95 Å². The molecule has 25 heavy (non-hydrogen) atoms. The molecule has 2 aromatic heterocycles. The van der Waals surface area contributed by atoms with Crippen LogP contribution in [0, 0.1) is 0 Å². The first-order chi connectivity index (χ1) is 12.2. The summed E-state index contributed by atoms with van der Waals surface area (Å²) in [6.45, 7) is 1.74. The largest absolute Gasteiger partial charge is 0.364 e. The number of nitrogens with zero attached hydrogens (tertiary/aromatic N) is 5. The van der Waals surface area contributed by atoms with Crippen molar-refractivity contribution >= 4 is 17.7 Å². The summed E-state index contributed by atoms with van der Waals surface area (Å²) in [6.07, 6.45) is 5.33. The fourth-order valence-corrected chi connectivity index (χ4v) is 3.05. The maximum atomic E-state index is 11.5. The van der Waals surface area contributed by atoms with E-state index in [9.17, 15) is 4.79 Å². The molecule has 0 aromatic carbocycles. The fraction of sp³-hybridized carbons (Fsp3) is 0.471. The summed E-state index contributed by atoms with van der Waals surface area (Å²) in [4.78, 5) is 22.8. The van der Waals surface area contributed by atoms with E-state index >= 15 is 0 Å². The zero-order valence-corrected chi connectivity index (χ0v) is 14.1. The number of rotatable bonds is 5. The van der Waals surface area contributed by atoms with Crippen molar-refractivity contribution in [2.24, 2.45) is 0 Å². The maximum absolute atomic E-state index is 11.5. The van der Waals surface area contributed by atoms with Crippen LogP contribution in [0.5, 0.6) is 0 Å². The van der Waals surface area contributed by atoms with E-state index in [4.69, 9.17) is 4.98 Å². The number of carbonyl (C=O) groups is 1. The van der Waals surface area contributed by atoms with Crippen molar-refractivity contribution in [2.45, 2.75) is 31.2 Å². The summed E-state index contributed by atoms with van der Waals surface area (Å²) < 4.78 is 0. The molecule has 0 spiro atoms. The SMILES string of the molecule is CNC(=O)c1ccc(NC2CCN(c3nccc(C4CC4)n3)C2)nn1. The van der Waals surface area contributed by atoms with E-state index in [0.29, 0.717) is 17.4 Å². The van der Waals surface area contributed by atoms with Gasteiger partial charge in [-0.1, -0.05) is 0 Å². The van der Waals surface area contributed by atoms with Gasteiger partial charge in [-0.15, -0.1) is 10.2 Å². The Hall–Kier alpha value is -2.77. The van der Waals surface area contributed by atoms with E-state index in [0.717, 1.165) is 31.2 Å². The Kier molecular flexibility index (Phi) is 4.17. The third kappa shape index (κ3) is 3.52. The van der Waals surface area contributed by atoms with Crippen LogP contribution in [0.25, 0.3) is 0 Å². The normalized spacial score (nSPS) is 19.7. The maximum Gasteiger partial charge on any atom is 0.271 e. The molecule has 3 heterocycles. The van der Waals surface area contributed by atoms with Crippen molar-refractivity contribution in [1.82, 2.24) is 25.5 Å². The van der Waals surface area contributed by atoms with Gasteiger partial charge in [0.25, 0.3) is 5.91 Å². The molecule has 1 saturated carbocycles. The molecule has 1 amide bonds. The van der Waals surface area contributed by atoms with E-state index in [1.807, 2.05) is 12.3 Å². The molecule has 1 atom stereocenters. The summed E-state index contributed by atoms with van der Waals surface area (Å²) in [5.74, 6) is 1.88. The second kappa shape index (κ2) is 6.62. The number of amides is 1. The summed E-state index contributed by atoms with van der Waals surface area (Å²) in [6, 6.07) is 5.73. The zero-order valence-electron chi connectivity index (χ0n) is 14.1. The van der Waals surface area contributed by atoms with Crippen molar-refractivity contribution in [3.8, 4) is 0 Å². The van der Waals surface area contributed by atoms with Gasteiger partial charge in [0.05, 0.1) is 0 Å².